The Kier molecular flexibility index (Phi) is 7.88. The molecule has 0 radical (unpaired) electrons. The van der Waals surface area contributed by atoms with E-state index in [2.05, 4.69) is 44.5 Å². The van der Waals surface area contributed by atoms with E-state index in [0.29, 0.717) is 29.5 Å². The number of aromatic nitrogens is 4. The van der Waals surface area contributed by atoms with Crippen molar-refractivity contribution in [3.8, 4) is 22.6 Å². The van der Waals surface area contributed by atoms with E-state index in [1.165, 1.54) is 18.4 Å². The number of nitrogens with zero attached hydrogens (tertiary/aromatic N) is 5. The summed E-state index contributed by atoms with van der Waals surface area (Å²) in [6, 6.07) is 17.9. The average Bonchev–Trinajstić information content (AvgIpc) is 3.45. The molecule has 8 nitrogen and oxygen atoms in total. The Balaban J connectivity index is 1.16. The zero-order valence-corrected chi connectivity index (χ0v) is 24.2. The van der Waals surface area contributed by atoms with Gasteiger partial charge in [-0.15, -0.1) is 0 Å². The summed E-state index contributed by atoms with van der Waals surface area (Å²) in [5.74, 6) is 1.81. The molecule has 6 rings (SSSR count). The van der Waals surface area contributed by atoms with Crippen LogP contribution in [-0.4, -0.2) is 51.1 Å². The summed E-state index contributed by atoms with van der Waals surface area (Å²) in [6.07, 6.45) is 9.82. The number of piperidine rings is 1. The molecule has 1 amide bonds. The molecule has 0 bridgehead atoms. The van der Waals surface area contributed by atoms with Crippen molar-refractivity contribution in [1.29, 1.82) is 0 Å². The maximum atomic E-state index is 13.2. The summed E-state index contributed by atoms with van der Waals surface area (Å²) in [5, 5.41) is 6.94. The van der Waals surface area contributed by atoms with Gasteiger partial charge in [0.1, 0.15) is 5.82 Å². The number of hydrogen-bond donors (Lipinski definition) is 1. The molecule has 0 spiro atoms. The maximum absolute atomic E-state index is 13.2. The van der Waals surface area contributed by atoms with Gasteiger partial charge < -0.3 is 14.7 Å². The summed E-state index contributed by atoms with van der Waals surface area (Å²) in [5.41, 5.74) is 8.23. The molecule has 4 heterocycles. The Labute approximate surface area is 245 Å². The molecule has 2 aromatic carbocycles. The first-order valence-corrected chi connectivity index (χ1v) is 14.3. The molecule has 1 saturated heterocycles. The lowest BCUT2D eigenvalue weighted by Crippen LogP contribution is -2.29. The largest absolute Gasteiger partial charge is 0.356 e. The Bertz CT molecular complexity index is 1700. The lowest BCUT2D eigenvalue weighted by Gasteiger charge is -2.29. The molecule has 8 heteroatoms. The highest BCUT2D eigenvalue weighted by molar-refractivity contribution is 6.04. The first kappa shape index (κ1) is 27.5. The summed E-state index contributed by atoms with van der Waals surface area (Å²) < 4.78 is 5.40. The predicted octanol–water partition coefficient (Wildman–Crippen LogP) is 6.46. The van der Waals surface area contributed by atoms with E-state index in [1.807, 2.05) is 56.3 Å². The van der Waals surface area contributed by atoms with Crippen LogP contribution in [0, 0.1) is 13.8 Å². The van der Waals surface area contributed by atoms with E-state index in [9.17, 15) is 4.79 Å². The number of nitrogens with one attached hydrogen (secondary N) is 1. The van der Waals surface area contributed by atoms with E-state index >= 15 is 0 Å². The molecule has 1 aliphatic rings. The second kappa shape index (κ2) is 12.0. The molecule has 0 atom stereocenters. The van der Waals surface area contributed by atoms with Gasteiger partial charge in [-0.3, -0.25) is 9.78 Å². The van der Waals surface area contributed by atoms with Crippen molar-refractivity contribution in [3.05, 3.63) is 113 Å². The molecule has 3 aromatic heterocycles. The van der Waals surface area contributed by atoms with Crippen molar-refractivity contribution in [2.24, 2.45) is 0 Å². The third-order valence-electron chi connectivity index (χ3n) is 8.07. The van der Waals surface area contributed by atoms with Gasteiger partial charge in [-0.2, -0.15) is 0 Å². The zero-order chi connectivity index (χ0) is 29.1. The number of likely N-dealkylation sites (tertiary alicyclic amines) is 1. The van der Waals surface area contributed by atoms with Crippen molar-refractivity contribution in [3.63, 3.8) is 0 Å². The highest BCUT2D eigenvalue weighted by Gasteiger charge is 2.18. The smallest absolute Gasteiger partial charge is 0.255 e. The van der Waals surface area contributed by atoms with Gasteiger partial charge in [0, 0.05) is 53.0 Å². The molecular weight excluding hydrogens is 524 g/mol. The van der Waals surface area contributed by atoms with Crippen molar-refractivity contribution in [2.45, 2.75) is 39.0 Å². The van der Waals surface area contributed by atoms with Gasteiger partial charge in [0.15, 0.2) is 5.76 Å². The van der Waals surface area contributed by atoms with Gasteiger partial charge >= 0.3 is 0 Å². The van der Waals surface area contributed by atoms with Crippen molar-refractivity contribution in [1.82, 2.24) is 25.0 Å². The second-order valence-corrected chi connectivity index (χ2v) is 11.1. The standard InChI is InChI=1S/C34H34N6O2/c1-22-4-5-26(34(41)38-30-8-6-24(7-9-30)25-11-14-40(3)15-12-25)16-27(22)18-32-36-13-10-31(39-32)28-17-29(21-35-20-28)33-23(2)19-37-42-33/h4-10,13,16-17,19-21,25H,11-12,14-15,18H2,1-3H3,(H,38,41). The summed E-state index contributed by atoms with van der Waals surface area (Å²) >= 11 is 0. The molecule has 5 aromatic rings. The fraction of sp³-hybridized carbons (Fsp3) is 0.265. The van der Waals surface area contributed by atoms with Crippen LogP contribution in [0.4, 0.5) is 5.69 Å². The monoisotopic (exact) mass is 558 g/mol. The minimum absolute atomic E-state index is 0.136. The Morgan fingerprint density at radius 1 is 0.952 bits per heavy atom. The number of aryl methyl sites for hydroxylation is 2. The van der Waals surface area contributed by atoms with E-state index < -0.39 is 0 Å². The van der Waals surface area contributed by atoms with Gasteiger partial charge in [0.2, 0.25) is 0 Å². The first-order chi connectivity index (χ1) is 20.4. The first-order valence-electron chi connectivity index (χ1n) is 14.3. The second-order valence-electron chi connectivity index (χ2n) is 11.1. The number of anilines is 1. The quantitative estimate of drug-likeness (QED) is 0.245. The maximum Gasteiger partial charge on any atom is 0.255 e. The predicted molar refractivity (Wildman–Crippen MR) is 163 cm³/mol. The molecule has 1 aliphatic heterocycles. The van der Waals surface area contributed by atoms with E-state index in [1.54, 1.807) is 24.8 Å². The number of benzene rings is 2. The fourth-order valence-corrected chi connectivity index (χ4v) is 5.48. The van der Waals surface area contributed by atoms with Crippen LogP contribution in [0.3, 0.4) is 0 Å². The molecule has 0 unspecified atom stereocenters. The number of rotatable bonds is 7. The third kappa shape index (κ3) is 6.14. The summed E-state index contributed by atoms with van der Waals surface area (Å²) in [6.45, 7) is 6.24. The minimum atomic E-state index is -0.136. The topological polar surface area (TPSA) is 97.0 Å². The third-order valence-corrected chi connectivity index (χ3v) is 8.07. The summed E-state index contributed by atoms with van der Waals surface area (Å²) in [4.78, 5) is 29.3. The van der Waals surface area contributed by atoms with Gasteiger partial charge in [-0.1, -0.05) is 23.4 Å². The van der Waals surface area contributed by atoms with Gasteiger partial charge in [-0.05, 0) is 106 Å². The van der Waals surface area contributed by atoms with E-state index in [4.69, 9.17) is 9.51 Å². The van der Waals surface area contributed by atoms with Crippen LogP contribution in [0.15, 0.2) is 83.9 Å². The lowest BCUT2D eigenvalue weighted by molar-refractivity contribution is 0.102. The van der Waals surface area contributed by atoms with Crippen LogP contribution >= 0.6 is 0 Å². The van der Waals surface area contributed by atoms with Crippen molar-refractivity contribution < 1.29 is 9.32 Å². The number of pyridine rings is 1. The van der Waals surface area contributed by atoms with Crippen LogP contribution < -0.4 is 5.32 Å². The fourth-order valence-electron chi connectivity index (χ4n) is 5.48. The number of carbonyl (C=O) groups is 1. The van der Waals surface area contributed by atoms with Crippen LogP contribution in [0.2, 0.25) is 0 Å². The minimum Gasteiger partial charge on any atom is -0.356 e. The van der Waals surface area contributed by atoms with Gasteiger partial charge in [0.05, 0.1) is 11.9 Å². The van der Waals surface area contributed by atoms with Gasteiger partial charge in [-0.25, -0.2) is 9.97 Å². The molecule has 0 saturated carbocycles. The molecule has 212 valence electrons. The number of carbonyl (C=O) groups excluding carboxylic acids is 1. The zero-order valence-electron chi connectivity index (χ0n) is 24.2. The molecule has 0 aliphatic carbocycles. The van der Waals surface area contributed by atoms with E-state index in [-0.39, 0.29) is 5.91 Å². The number of hydrogen-bond acceptors (Lipinski definition) is 7. The lowest BCUT2D eigenvalue weighted by atomic mass is 9.89. The van der Waals surface area contributed by atoms with Crippen LogP contribution in [-0.2, 0) is 6.42 Å². The highest BCUT2D eigenvalue weighted by Crippen LogP contribution is 2.29. The molecule has 42 heavy (non-hydrogen) atoms. The Morgan fingerprint density at radius 2 is 1.74 bits per heavy atom. The molecule has 1 N–H and O–H groups in total. The van der Waals surface area contributed by atoms with Crippen LogP contribution in [0.25, 0.3) is 22.6 Å². The van der Waals surface area contributed by atoms with Crippen molar-refractivity contribution in [2.75, 3.05) is 25.5 Å². The Hall–Kier alpha value is -4.69. The van der Waals surface area contributed by atoms with Crippen LogP contribution in [0.1, 0.15) is 57.2 Å². The molecule has 1 fully saturated rings. The summed E-state index contributed by atoms with van der Waals surface area (Å²) in [7, 11) is 2.18. The number of amides is 1. The van der Waals surface area contributed by atoms with E-state index in [0.717, 1.165) is 52.3 Å². The van der Waals surface area contributed by atoms with Gasteiger partial charge in [0.25, 0.3) is 5.91 Å². The van der Waals surface area contributed by atoms with Crippen LogP contribution in [0.5, 0.6) is 0 Å². The van der Waals surface area contributed by atoms with Crippen molar-refractivity contribution >= 4 is 11.6 Å². The molecular formula is C34H34N6O2. The average molecular weight is 559 g/mol. The Morgan fingerprint density at radius 3 is 2.50 bits per heavy atom. The highest BCUT2D eigenvalue weighted by atomic mass is 16.5. The normalized spacial score (nSPS) is 14.2. The SMILES string of the molecule is Cc1ccc(C(=O)Nc2ccc(C3CCN(C)CC3)cc2)cc1Cc1nccc(-c2cncc(-c3oncc3C)c2)n1.